The molecule has 2 aromatic carbocycles. The largest absolute Gasteiger partial charge is 0.340 e. The number of sulfonamides is 2. The van der Waals surface area contributed by atoms with Crippen molar-refractivity contribution in [3.05, 3.63) is 60.2 Å². The molecular weight excluding hydrogens is 484 g/mol. The minimum absolute atomic E-state index is 0.0816. The third-order valence-electron chi connectivity index (χ3n) is 6.56. The van der Waals surface area contributed by atoms with Crippen LogP contribution in [0.3, 0.4) is 0 Å². The lowest BCUT2D eigenvalue weighted by Gasteiger charge is -2.35. The van der Waals surface area contributed by atoms with E-state index in [1.807, 2.05) is 25.7 Å². The summed E-state index contributed by atoms with van der Waals surface area (Å²) < 4.78 is 59.5. The molecule has 2 saturated heterocycles. The molecule has 0 saturated carbocycles. The van der Waals surface area contributed by atoms with E-state index >= 15 is 0 Å². The van der Waals surface area contributed by atoms with E-state index in [1.165, 1.54) is 4.31 Å². The third-order valence-corrected chi connectivity index (χ3v) is 9.76. The molecule has 2 aliphatic heterocycles. The van der Waals surface area contributed by atoms with Crippen LogP contribution in [-0.4, -0.2) is 75.7 Å². The van der Waals surface area contributed by atoms with Gasteiger partial charge in [0.25, 0.3) is 10.0 Å². The van der Waals surface area contributed by atoms with Gasteiger partial charge in [-0.25, -0.2) is 8.42 Å². The van der Waals surface area contributed by atoms with Crippen molar-refractivity contribution in [2.24, 2.45) is 10.3 Å². The van der Waals surface area contributed by atoms with Crippen LogP contribution in [0.2, 0.25) is 0 Å². The summed E-state index contributed by atoms with van der Waals surface area (Å²) >= 11 is 0. The minimum Gasteiger partial charge on any atom is -0.340 e. The van der Waals surface area contributed by atoms with Crippen molar-refractivity contribution in [2.75, 3.05) is 32.7 Å². The van der Waals surface area contributed by atoms with Crippen molar-refractivity contribution in [1.82, 2.24) is 14.1 Å². The lowest BCUT2D eigenvalue weighted by Crippen LogP contribution is -2.50. The van der Waals surface area contributed by atoms with Gasteiger partial charge in [0.15, 0.2) is 0 Å². The normalized spacial score (nSPS) is 20.7. The highest BCUT2D eigenvalue weighted by Crippen LogP contribution is 2.30. The summed E-state index contributed by atoms with van der Waals surface area (Å²) in [6.07, 6.45) is 1.58. The molecule has 0 amide bonds. The SMILES string of the molecule is Cc1ccc(S(=O)(=O)/N=C(\CN2CCCC2)N2CCN(S(=O)(=O)c3ccccc3)C2C(C)C)cc1. The van der Waals surface area contributed by atoms with Gasteiger partial charge < -0.3 is 4.90 Å². The molecule has 190 valence electrons. The van der Waals surface area contributed by atoms with Gasteiger partial charge >= 0.3 is 0 Å². The maximum absolute atomic E-state index is 13.5. The maximum atomic E-state index is 13.5. The van der Waals surface area contributed by atoms with E-state index in [9.17, 15) is 16.8 Å². The van der Waals surface area contributed by atoms with Crippen molar-refractivity contribution in [2.45, 2.75) is 49.6 Å². The summed E-state index contributed by atoms with van der Waals surface area (Å²) in [5, 5.41) is 0. The average Bonchev–Trinajstić information content (AvgIpc) is 3.50. The first-order valence-electron chi connectivity index (χ1n) is 12.1. The summed E-state index contributed by atoms with van der Waals surface area (Å²) in [6, 6.07) is 15.0. The van der Waals surface area contributed by atoms with Crippen LogP contribution in [0.5, 0.6) is 0 Å². The topological polar surface area (TPSA) is 90.4 Å². The quantitative estimate of drug-likeness (QED) is 0.413. The summed E-state index contributed by atoms with van der Waals surface area (Å²) in [5.41, 5.74) is 0.964. The first kappa shape index (κ1) is 25.8. The number of rotatable bonds is 7. The zero-order valence-corrected chi connectivity index (χ0v) is 22.2. The summed E-state index contributed by atoms with van der Waals surface area (Å²) in [5.74, 6) is 0.318. The zero-order valence-electron chi connectivity index (χ0n) is 20.5. The Hall–Kier alpha value is -2.27. The van der Waals surface area contributed by atoms with Gasteiger partial charge in [-0.05, 0) is 63.0 Å². The first-order chi connectivity index (χ1) is 16.6. The molecule has 2 aliphatic rings. The first-order valence-corrected chi connectivity index (χ1v) is 14.9. The third kappa shape index (κ3) is 5.61. The van der Waals surface area contributed by atoms with E-state index in [0.29, 0.717) is 18.9 Å². The Kier molecular flexibility index (Phi) is 7.65. The van der Waals surface area contributed by atoms with Gasteiger partial charge in [-0.3, -0.25) is 4.90 Å². The van der Waals surface area contributed by atoms with E-state index < -0.39 is 26.2 Å². The Bertz CT molecular complexity index is 1250. The van der Waals surface area contributed by atoms with Crippen LogP contribution in [0, 0.1) is 12.8 Å². The molecule has 0 N–H and O–H groups in total. The number of aryl methyl sites for hydroxylation is 1. The van der Waals surface area contributed by atoms with E-state index in [4.69, 9.17) is 0 Å². The molecule has 0 aromatic heterocycles. The Balaban J connectivity index is 1.73. The highest BCUT2D eigenvalue weighted by molar-refractivity contribution is 7.90. The van der Waals surface area contributed by atoms with Crippen molar-refractivity contribution in [1.29, 1.82) is 0 Å². The Morgan fingerprint density at radius 2 is 1.51 bits per heavy atom. The Morgan fingerprint density at radius 3 is 2.11 bits per heavy atom. The second kappa shape index (κ2) is 10.4. The molecule has 2 fully saturated rings. The van der Waals surface area contributed by atoms with Crippen LogP contribution in [-0.2, 0) is 20.0 Å². The van der Waals surface area contributed by atoms with Crippen LogP contribution in [0.25, 0.3) is 0 Å². The van der Waals surface area contributed by atoms with Crippen LogP contribution < -0.4 is 0 Å². The lowest BCUT2D eigenvalue weighted by molar-refractivity contribution is 0.205. The van der Waals surface area contributed by atoms with Crippen molar-refractivity contribution in [3.8, 4) is 0 Å². The number of likely N-dealkylation sites (tertiary alicyclic amines) is 1. The summed E-state index contributed by atoms with van der Waals surface area (Å²) in [6.45, 7) is 8.57. The van der Waals surface area contributed by atoms with Crippen LogP contribution >= 0.6 is 0 Å². The van der Waals surface area contributed by atoms with Gasteiger partial charge in [0.2, 0.25) is 10.0 Å². The van der Waals surface area contributed by atoms with Gasteiger partial charge in [0, 0.05) is 13.1 Å². The number of hydrogen-bond donors (Lipinski definition) is 0. The number of benzene rings is 2. The molecule has 0 radical (unpaired) electrons. The zero-order chi connectivity index (χ0) is 25.2. The van der Waals surface area contributed by atoms with E-state index in [1.54, 1.807) is 54.6 Å². The van der Waals surface area contributed by atoms with Gasteiger partial charge in [-0.2, -0.15) is 12.7 Å². The molecule has 0 aliphatic carbocycles. The molecule has 1 atom stereocenters. The van der Waals surface area contributed by atoms with E-state index in [2.05, 4.69) is 9.30 Å². The molecule has 8 nitrogen and oxygen atoms in total. The minimum atomic E-state index is -3.96. The summed E-state index contributed by atoms with van der Waals surface area (Å²) in [7, 11) is -7.71. The summed E-state index contributed by atoms with van der Waals surface area (Å²) in [4.78, 5) is 4.44. The van der Waals surface area contributed by atoms with E-state index in [0.717, 1.165) is 31.5 Å². The van der Waals surface area contributed by atoms with Gasteiger partial charge in [0.05, 0.1) is 22.5 Å². The van der Waals surface area contributed by atoms with Crippen molar-refractivity contribution < 1.29 is 16.8 Å². The average molecular weight is 519 g/mol. The fourth-order valence-electron chi connectivity index (χ4n) is 4.81. The molecule has 0 bridgehead atoms. The highest BCUT2D eigenvalue weighted by atomic mass is 32.2. The van der Waals surface area contributed by atoms with Crippen LogP contribution in [0.4, 0.5) is 0 Å². The fourth-order valence-corrected chi connectivity index (χ4v) is 7.57. The predicted molar refractivity (Wildman–Crippen MR) is 137 cm³/mol. The Morgan fingerprint density at radius 1 is 0.886 bits per heavy atom. The molecular formula is C25H34N4O4S2. The van der Waals surface area contributed by atoms with Gasteiger partial charge in [-0.1, -0.05) is 49.7 Å². The fraction of sp³-hybridized carbons (Fsp3) is 0.480. The second-order valence-corrected chi connectivity index (χ2v) is 13.1. The molecule has 10 heteroatoms. The molecule has 0 spiro atoms. The molecule has 2 heterocycles. The second-order valence-electron chi connectivity index (χ2n) is 9.56. The monoisotopic (exact) mass is 518 g/mol. The molecule has 2 aromatic rings. The lowest BCUT2D eigenvalue weighted by atomic mass is 10.1. The van der Waals surface area contributed by atoms with Crippen molar-refractivity contribution >= 4 is 25.9 Å². The van der Waals surface area contributed by atoms with Gasteiger partial charge in [-0.15, -0.1) is 4.40 Å². The van der Waals surface area contributed by atoms with Crippen LogP contribution in [0.15, 0.2) is 68.8 Å². The Labute approximate surface area is 209 Å². The predicted octanol–water partition coefficient (Wildman–Crippen LogP) is 3.17. The molecule has 35 heavy (non-hydrogen) atoms. The number of nitrogens with zero attached hydrogens (tertiary/aromatic N) is 4. The number of hydrogen-bond acceptors (Lipinski definition) is 5. The molecule has 4 rings (SSSR count). The standard InChI is InChI=1S/C25H34N4O4S2/c1-20(2)25-28(17-18-29(25)35(32,33)23-9-5-4-6-10-23)24(19-27-15-7-8-16-27)26-34(30,31)22-13-11-21(3)12-14-22/h4-6,9-14,20,25H,7-8,15-19H2,1-3H3/b26-24+. The molecule has 1 unspecified atom stereocenters. The highest BCUT2D eigenvalue weighted by Gasteiger charge is 2.43. The smallest absolute Gasteiger partial charge is 0.283 e. The van der Waals surface area contributed by atoms with Gasteiger partial charge in [0.1, 0.15) is 5.84 Å². The number of amidine groups is 1. The van der Waals surface area contributed by atoms with Crippen LogP contribution in [0.1, 0.15) is 32.3 Å². The maximum Gasteiger partial charge on any atom is 0.283 e. The van der Waals surface area contributed by atoms with E-state index in [-0.39, 0.29) is 22.3 Å². The van der Waals surface area contributed by atoms with Crippen molar-refractivity contribution in [3.63, 3.8) is 0 Å².